The van der Waals surface area contributed by atoms with Gasteiger partial charge in [0, 0.05) is 24.2 Å². The zero-order valence-corrected chi connectivity index (χ0v) is 9.32. The van der Waals surface area contributed by atoms with Gasteiger partial charge in [-0.2, -0.15) is 0 Å². The summed E-state index contributed by atoms with van der Waals surface area (Å²) in [6.07, 6.45) is 0. The summed E-state index contributed by atoms with van der Waals surface area (Å²) < 4.78 is 15.7. The first-order chi connectivity index (χ1) is 7.15. The molecule has 0 aliphatic heterocycles. The zero-order valence-electron chi connectivity index (χ0n) is 9.32. The molecule has 4 heteroatoms. The Morgan fingerprint density at radius 1 is 1.07 bits per heavy atom. The Kier molecular flexibility index (Phi) is 4.24. The maximum atomic E-state index is 5.59. The first kappa shape index (κ1) is 11.7. The minimum atomic E-state index is 0.00203. The Morgan fingerprint density at radius 2 is 1.53 bits per heavy atom. The minimum Gasteiger partial charge on any atom is -0.496 e. The molecule has 1 aromatic carbocycles. The summed E-state index contributed by atoms with van der Waals surface area (Å²) in [5, 5.41) is 0. The van der Waals surface area contributed by atoms with E-state index in [2.05, 4.69) is 0 Å². The van der Waals surface area contributed by atoms with Crippen LogP contribution in [-0.2, 0) is 0 Å². The quantitative estimate of drug-likeness (QED) is 0.800. The molecule has 0 amide bonds. The van der Waals surface area contributed by atoms with E-state index in [1.807, 2.05) is 6.92 Å². The maximum Gasteiger partial charge on any atom is 0.126 e. The van der Waals surface area contributed by atoms with E-state index in [-0.39, 0.29) is 6.04 Å². The van der Waals surface area contributed by atoms with Crippen molar-refractivity contribution in [3.63, 3.8) is 0 Å². The number of hydrogen-bond acceptors (Lipinski definition) is 4. The van der Waals surface area contributed by atoms with Gasteiger partial charge < -0.3 is 19.9 Å². The van der Waals surface area contributed by atoms with Gasteiger partial charge in [-0.3, -0.25) is 0 Å². The molecule has 4 nitrogen and oxygen atoms in total. The second-order valence-corrected chi connectivity index (χ2v) is 3.34. The van der Waals surface area contributed by atoms with Crippen LogP contribution in [0.1, 0.15) is 6.92 Å². The second kappa shape index (κ2) is 5.46. The highest BCUT2D eigenvalue weighted by Gasteiger charge is 2.03. The molecular formula is C11H17NO3. The Balaban J connectivity index is 2.77. The fourth-order valence-electron chi connectivity index (χ4n) is 1.09. The predicted octanol–water partition coefficient (Wildman–Crippen LogP) is 1.43. The smallest absolute Gasteiger partial charge is 0.126 e. The first-order valence-corrected chi connectivity index (χ1v) is 4.77. The third-order valence-electron chi connectivity index (χ3n) is 1.84. The number of nitrogens with two attached hydrogens (primary N) is 1. The van der Waals surface area contributed by atoms with E-state index in [4.69, 9.17) is 19.9 Å². The van der Waals surface area contributed by atoms with Crippen LogP contribution in [0.3, 0.4) is 0 Å². The molecule has 0 aromatic heterocycles. The second-order valence-electron chi connectivity index (χ2n) is 3.34. The van der Waals surface area contributed by atoms with Crippen LogP contribution < -0.4 is 19.9 Å². The van der Waals surface area contributed by atoms with Crippen LogP contribution in [0, 0.1) is 0 Å². The van der Waals surface area contributed by atoms with Crippen LogP contribution in [0.5, 0.6) is 17.2 Å². The maximum absolute atomic E-state index is 5.59. The number of rotatable bonds is 5. The fraction of sp³-hybridized carbons (Fsp3) is 0.455. The molecule has 0 saturated carbocycles. The van der Waals surface area contributed by atoms with Crippen molar-refractivity contribution < 1.29 is 14.2 Å². The molecule has 2 N–H and O–H groups in total. The number of methoxy groups -OCH3 is 2. The molecule has 0 aliphatic carbocycles. The van der Waals surface area contributed by atoms with E-state index in [9.17, 15) is 0 Å². The molecule has 0 heterocycles. The molecule has 0 unspecified atom stereocenters. The molecule has 1 atom stereocenters. The number of benzene rings is 1. The molecule has 0 spiro atoms. The summed E-state index contributed by atoms with van der Waals surface area (Å²) >= 11 is 0. The van der Waals surface area contributed by atoms with Gasteiger partial charge in [0.05, 0.1) is 14.2 Å². The third kappa shape index (κ3) is 3.67. The average molecular weight is 211 g/mol. The Bertz CT molecular complexity index is 290. The SMILES string of the molecule is COc1cc(OC)cc(OC[C@H](C)N)c1. The Labute approximate surface area is 89.9 Å². The van der Waals surface area contributed by atoms with Gasteiger partial charge in [0.1, 0.15) is 23.9 Å². The first-order valence-electron chi connectivity index (χ1n) is 4.77. The summed E-state index contributed by atoms with van der Waals surface area (Å²) in [5.41, 5.74) is 5.59. The molecule has 1 aromatic rings. The largest absolute Gasteiger partial charge is 0.496 e. The van der Waals surface area contributed by atoms with Crippen molar-refractivity contribution >= 4 is 0 Å². The lowest BCUT2D eigenvalue weighted by atomic mass is 10.3. The van der Waals surface area contributed by atoms with Crippen LogP contribution in [0.25, 0.3) is 0 Å². The van der Waals surface area contributed by atoms with Crippen molar-refractivity contribution in [2.45, 2.75) is 13.0 Å². The van der Waals surface area contributed by atoms with Crippen LogP contribution in [0.4, 0.5) is 0 Å². The van der Waals surface area contributed by atoms with Crippen molar-refractivity contribution in [2.24, 2.45) is 5.73 Å². The van der Waals surface area contributed by atoms with Gasteiger partial charge in [-0.25, -0.2) is 0 Å². The predicted molar refractivity (Wildman–Crippen MR) is 58.7 cm³/mol. The summed E-state index contributed by atoms with van der Waals surface area (Å²) in [7, 11) is 3.20. The van der Waals surface area contributed by atoms with Crippen molar-refractivity contribution in [3.8, 4) is 17.2 Å². The minimum absolute atomic E-state index is 0.00203. The lowest BCUT2D eigenvalue weighted by molar-refractivity contribution is 0.291. The Hall–Kier alpha value is -1.42. The normalized spacial score (nSPS) is 12.0. The van der Waals surface area contributed by atoms with E-state index in [0.29, 0.717) is 23.9 Å². The van der Waals surface area contributed by atoms with E-state index in [0.717, 1.165) is 0 Å². The molecule has 1 rings (SSSR count). The molecule has 15 heavy (non-hydrogen) atoms. The lowest BCUT2D eigenvalue weighted by Gasteiger charge is -2.11. The van der Waals surface area contributed by atoms with Crippen molar-refractivity contribution in [1.29, 1.82) is 0 Å². The van der Waals surface area contributed by atoms with E-state index in [1.165, 1.54) is 0 Å². The van der Waals surface area contributed by atoms with Crippen molar-refractivity contribution in [3.05, 3.63) is 18.2 Å². The molecule has 0 radical (unpaired) electrons. The Morgan fingerprint density at radius 3 is 1.93 bits per heavy atom. The molecule has 0 aliphatic rings. The third-order valence-corrected chi connectivity index (χ3v) is 1.84. The van der Waals surface area contributed by atoms with Gasteiger partial charge >= 0.3 is 0 Å². The van der Waals surface area contributed by atoms with Gasteiger partial charge in [0.25, 0.3) is 0 Å². The molecule has 84 valence electrons. The molecule has 0 fully saturated rings. The standard InChI is InChI=1S/C11H17NO3/c1-8(12)7-15-11-5-9(13-2)4-10(6-11)14-3/h4-6,8H,7,12H2,1-3H3/t8-/m0/s1. The van der Waals surface area contributed by atoms with Gasteiger partial charge in [-0.15, -0.1) is 0 Å². The van der Waals surface area contributed by atoms with Crippen LogP contribution in [-0.4, -0.2) is 26.9 Å². The topological polar surface area (TPSA) is 53.7 Å². The van der Waals surface area contributed by atoms with E-state index in [1.54, 1.807) is 32.4 Å². The van der Waals surface area contributed by atoms with Crippen molar-refractivity contribution in [2.75, 3.05) is 20.8 Å². The fourth-order valence-corrected chi connectivity index (χ4v) is 1.09. The number of hydrogen-bond donors (Lipinski definition) is 1. The average Bonchev–Trinajstić information content (AvgIpc) is 2.25. The zero-order chi connectivity index (χ0) is 11.3. The van der Waals surface area contributed by atoms with Crippen LogP contribution in [0.15, 0.2) is 18.2 Å². The van der Waals surface area contributed by atoms with Gasteiger partial charge in [-0.1, -0.05) is 0 Å². The highest BCUT2D eigenvalue weighted by atomic mass is 16.5. The molecule has 0 bridgehead atoms. The number of ether oxygens (including phenoxy) is 3. The lowest BCUT2D eigenvalue weighted by Crippen LogP contribution is -2.23. The van der Waals surface area contributed by atoms with E-state index >= 15 is 0 Å². The van der Waals surface area contributed by atoms with Crippen molar-refractivity contribution in [1.82, 2.24) is 0 Å². The van der Waals surface area contributed by atoms with Gasteiger partial charge in [-0.05, 0) is 6.92 Å². The summed E-state index contributed by atoms with van der Waals surface area (Å²) in [6.45, 7) is 2.35. The van der Waals surface area contributed by atoms with Gasteiger partial charge in [0.15, 0.2) is 0 Å². The van der Waals surface area contributed by atoms with Crippen LogP contribution in [0.2, 0.25) is 0 Å². The molecule has 0 saturated heterocycles. The van der Waals surface area contributed by atoms with Gasteiger partial charge in [0.2, 0.25) is 0 Å². The summed E-state index contributed by atoms with van der Waals surface area (Å²) in [6, 6.07) is 5.39. The summed E-state index contributed by atoms with van der Waals surface area (Å²) in [4.78, 5) is 0. The molecular weight excluding hydrogens is 194 g/mol. The highest BCUT2D eigenvalue weighted by molar-refractivity contribution is 5.41. The highest BCUT2D eigenvalue weighted by Crippen LogP contribution is 2.27. The summed E-state index contributed by atoms with van der Waals surface area (Å²) in [5.74, 6) is 2.10. The van der Waals surface area contributed by atoms with Crippen LogP contribution >= 0.6 is 0 Å². The van der Waals surface area contributed by atoms with E-state index < -0.39 is 0 Å². The monoisotopic (exact) mass is 211 g/mol.